The minimum atomic E-state index is 0.0922. The average molecular weight is 259 g/mol. The molecule has 3 rings (SSSR count). The summed E-state index contributed by atoms with van der Waals surface area (Å²) in [6.07, 6.45) is 9.08. The van der Waals surface area contributed by atoms with Crippen molar-refractivity contribution in [3.05, 3.63) is 30.5 Å². The zero-order chi connectivity index (χ0) is 13.1. The number of amides is 1. The van der Waals surface area contributed by atoms with Crippen LogP contribution in [0.1, 0.15) is 18.5 Å². The molecule has 1 atom stereocenters. The van der Waals surface area contributed by atoms with Crippen molar-refractivity contribution in [1.29, 1.82) is 0 Å². The highest BCUT2D eigenvalue weighted by Gasteiger charge is 2.20. The molecule has 2 N–H and O–H groups in total. The molecule has 0 aliphatic carbocycles. The average Bonchev–Trinajstić information content (AvgIpc) is 2.89. The van der Waals surface area contributed by atoms with Crippen molar-refractivity contribution in [1.82, 2.24) is 25.0 Å². The summed E-state index contributed by atoms with van der Waals surface area (Å²) in [5.41, 5.74) is 1.76. The highest BCUT2D eigenvalue weighted by atomic mass is 16.1. The Balaban J connectivity index is 1.64. The number of nitrogens with zero attached hydrogens (tertiary/aromatic N) is 3. The van der Waals surface area contributed by atoms with Gasteiger partial charge in [0.2, 0.25) is 5.91 Å². The summed E-state index contributed by atoms with van der Waals surface area (Å²) >= 11 is 0. The van der Waals surface area contributed by atoms with Gasteiger partial charge in [0.1, 0.15) is 0 Å². The molecular formula is C13H17N5O. The van der Waals surface area contributed by atoms with E-state index < -0.39 is 0 Å². The van der Waals surface area contributed by atoms with Gasteiger partial charge in [0, 0.05) is 18.9 Å². The summed E-state index contributed by atoms with van der Waals surface area (Å²) in [6, 6.07) is 0. The van der Waals surface area contributed by atoms with Gasteiger partial charge in [0.25, 0.3) is 0 Å². The molecule has 1 saturated heterocycles. The number of carbonyl (C=O) groups is 1. The normalized spacial score (nSPS) is 19.5. The van der Waals surface area contributed by atoms with E-state index in [-0.39, 0.29) is 11.8 Å². The van der Waals surface area contributed by atoms with Gasteiger partial charge in [-0.3, -0.25) is 14.2 Å². The van der Waals surface area contributed by atoms with Crippen molar-refractivity contribution >= 4 is 11.6 Å². The zero-order valence-electron chi connectivity index (χ0n) is 10.7. The maximum atomic E-state index is 12.0. The van der Waals surface area contributed by atoms with Crippen LogP contribution in [0.5, 0.6) is 0 Å². The van der Waals surface area contributed by atoms with Gasteiger partial charge < -0.3 is 10.6 Å². The van der Waals surface area contributed by atoms with E-state index in [1.165, 1.54) is 0 Å². The molecule has 2 aromatic heterocycles. The lowest BCUT2D eigenvalue weighted by atomic mass is 9.99. The molecule has 3 heterocycles. The molecule has 1 aliphatic heterocycles. The van der Waals surface area contributed by atoms with Crippen LogP contribution in [0.2, 0.25) is 0 Å². The standard InChI is InChI=1S/C13H17N5O/c19-13(10-2-1-3-14-6-10)17-8-11-7-16-12-9-15-4-5-18(11)12/h4-5,7,9-10,14H,1-3,6,8H2,(H,17,19)/t10-/m1/s1. The van der Waals surface area contributed by atoms with Crippen LogP contribution >= 0.6 is 0 Å². The maximum absolute atomic E-state index is 12.0. The Labute approximate surface area is 111 Å². The third-order valence-electron chi connectivity index (χ3n) is 3.51. The van der Waals surface area contributed by atoms with Crippen molar-refractivity contribution in [2.75, 3.05) is 13.1 Å². The fraction of sp³-hybridized carbons (Fsp3) is 0.462. The number of rotatable bonds is 3. The van der Waals surface area contributed by atoms with Crippen LogP contribution in [-0.2, 0) is 11.3 Å². The van der Waals surface area contributed by atoms with Crippen LogP contribution < -0.4 is 10.6 Å². The predicted octanol–water partition coefficient (Wildman–Crippen LogP) is 0.345. The smallest absolute Gasteiger partial charge is 0.224 e. The number of piperidine rings is 1. The molecule has 0 bridgehead atoms. The SMILES string of the molecule is O=C(NCc1cnc2cnccn12)[C@@H]1CCCNC1. The number of hydrogen-bond acceptors (Lipinski definition) is 4. The summed E-state index contributed by atoms with van der Waals surface area (Å²) in [5, 5.41) is 6.24. The van der Waals surface area contributed by atoms with Crippen LogP contribution in [0.3, 0.4) is 0 Å². The Morgan fingerprint density at radius 3 is 3.32 bits per heavy atom. The van der Waals surface area contributed by atoms with E-state index in [1.807, 2.05) is 10.6 Å². The number of hydrogen-bond donors (Lipinski definition) is 2. The summed E-state index contributed by atoms with van der Waals surface area (Å²) < 4.78 is 1.94. The minimum Gasteiger partial charge on any atom is -0.350 e. The fourth-order valence-electron chi connectivity index (χ4n) is 2.42. The first kappa shape index (κ1) is 12.1. The molecule has 0 aromatic carbocycles. The van der Waals surface area contributed by atoms with Crippen LogP contribution in [0.15, 0.2) is 24.8 Å². The van der Waals surface area contributed by atoms with E-state index >= 15 is 0 Å². The Morgan fingerprint density at radius 1 is 1.53 bits per heavy atom. The highest BCUT2D eigenvalue weighted by Crippen LogP contribution is 2.10. The summed E-state index contributed by atoms with van der Waals surface area (Å²) in [7, 11) is 0. The first-order chi connectivity index (χ1) is 9.34. The molecule has 100 valence electrons. The molecular weight excluding hydrogens is 242 g/mol. The number of fused-ring (bicyclic) bond motifs is 1. The van der Waals surface area contributed by atoms with Gasteiger partial charge >= 0.3 is 0 Å². The van der Waals surface area contributed by atoms with Gasteiger partial charge in [-0.1, -0.05) is 0 Å². The quantitative estimate of drug-likeness (QED) is 0.834. The number of imidazole rings is 1. The second kappa shape index (κ2) is 5.36. The molecule has 0 saturated carbocycles. The van der Waals surface area contributed by atoms with Crippen molar-refractivity contribution in [3.8, 4) is 0 Å². The fourth-order valence-corrected chi connectivity index (χ4v) is 2.42. The van der Waals surface area contributed by atoms with E-state index in [1.54, 1.807) is 18.6 Å². The topological polar surface area (TPSA) is 71.3 Å². The van der Waals surface area contributed by atoms with Crippen LogP contribution in [0.4, 0.5) is 0 Å². The summed E-state index contributed by atoms with van der Waals surface area (Å²) in [4.78, 5) is 20.3. The van der Waals surface area contributed by atoms with Gasteiger partial charge in [0.15, 0.2) is 5.65 Å². The second-order valence-electron chi connectivity index (χ2n) is 4.82. The number of carbonyl (C=O) groups excluding carboxylic acids is 1. The lowest BCUT2D eigenvalue weighted by Gasteiger charge is -2.21. The van der Waals surface area contributed by atoms with E-state index in [2.05, 4.69) is 20.6 Å². The van der Waals surface area contributed by atoms with Crippen LogP contribution in [0, 0.1) is 5.92 Å². The molecule has 0 spiro atoms. The molecule has 2 aromatic rings. The Hall–Kier alpha value is -1.95. The molecule has 0 radical (unpaired) electrons. The molecule has 1 fully saturated rings. The van der Waals surface area contributed by atoms with E-state index in [0.29, 0.717) is 6.54 Å². The number of aromatic nitrogens is 3. The maximum Gasteiger partial charge on any atom is 0.224 e. The van der Waals surface area contributed by atoms with Crippen molar-refractivity contribution in [2.45, 2.75) is 19.4 Å². The van der Waals surface area contributed by atoms with Crippen molar-refractivity contribution in [2.24, 2.45) is 5.92 Å². The van der Waals surface area contributed by atoms with Crippen LogP contribution in [0.25, 0.3) is 5.65 Å². The third-order valence-corrected chi connectivity index (χ3v) is 3.51. The molecule has 1 amide bonds. The van der Waals surface area contributed by atoms with Gasteiger partial charge in [-0.25, -0.2) is 4.98 Å². The first-order valence-electron chi connectivity index (χ1n) is 6.59. The third kappa shape index (κ3) is 2.58. The molecule has 6 heteroatoms. The minimum absolute atomic E-state index is 0.0922. The molecule has 0 unspecified atom stereocenters. The molecule has 6 nitrogen and oxygen atoms in total. The molecule has 1 aliphatic rings. The van der Waals surface area contributed by atoms with E-state index in [0.717, 1.165) is 37.3 Å². The Bertz CT molecular complexity index is 573. The van der Waals surface area contributed by atoms with Crippen molar-refractivity contribution < 1.29 is 4.79 Å². The van der Waals surface area contributed by atoms with Gasteiger partial charge in [-0.2, -0.15) is 0 Å². The van der Waals surface area contributed by atoms with Crippen LogP contribution in [-0.4, -0.2) is 33.4 Å². The largest absolute Gasteiger partial charge is 0.350 e. The zero-order valence-corrected chi connectivity index (χ0v) is 10.7. The summed E-state index contributed by atoms with van der Waals surface area (Å²) in [5.74, 6) is 0.214. The highest BCUT2D eigenvalue weighted by molar-refractivity contribution is 5.78. The Kier molecular flexibility index (Phi) is 3.41. The van der Waals surface area contributed by atoms with Gasteiger partial charge in [-0.05, 0) is 19.4 Å². The lowest BCUT2D eigenvalue weighted by Crippen LogP contribution is -2.40. The lowest BCUT2D eigenvalue weighted by molar-refractivity contribution is -0.125. The van der Waals surface area contributed by atoms with E-state index in [4.69, 9.17) is 0 Å². The van der Waals surface area contributed by atoms with Gasteiger partial charge in [-0.15, -0.1) is 0 Å². The van der Waals surface area contributed by atoms with Gasteiger partial charge in [0.05, 0.1) is 30.6 Å². The first-order valence-corrected chi connectivity index (χ1v) is 6.59. The monoisotopic (exact) mass is 259 g/mol. The Morgan fingerprint density at radius 2 is 2.47 bits per heavy atom. The molecule has 19 heavy (non-hydrogen) atoms. The second-order valence-corrected chi connectivity index (χ2v) is 4.82. The van der Waals surface area contributed by atoms with Crippen molar-refractivity contribution in [3.63, 3.8) is 0 Å². The summed E-state index contributed by atoms with van der Waals surface area (Å²) in [6.45, 7) is 2.30. The number of nitrogens with one attached hydrogen (secondary N) is 2. The predicted molar refractivity (Wildman–Crippen MR) is 70.4 cm³/mol. The van der Waals surface area contributed by atoms with E-state index in [9.17, 15) is 4.79 Å².